The molecule has 1 aliphatic rings. The van der Waals surface area contributed by atoms with E-state index in [9.17, 15) is 14.7 Å². The monoisotopic (exact) mass is 545 g/mol. The number of alkyl carbamates (subject to hydrolysis) is 1. The van der Waals surface area contributed by atoms with Crippen LogP contribution in [0.5, 0.6) is 5.75 Å². The van der Waals surface area contributed by atoms with Crippen molar-refractivity contribution in [2.24, 2.45) is 0 Å². The van der Waals surface area contributed by atoms with Gasteiger partial charge in [0.25, 0.3) is 0 Å². The van der Waals surface area contributed by atoms with Crippen molar-refractivity contribution in [3.8, 4) is 5.75 Å². The third-order valence-corrected chi connectivity index (χ3v) is 6.47. The van der Waals surface area contributed by atoms with Gasteiger partial charge in [-0.2, -0.15) is 0 Å². The van der Waals surface area contributed by atoms with E-state index in [2.05, 4.69) is 10.3 Å². The Balaban J connectivity index is 1.46. The van der Waals surface area contributed by atoms with E-state index in [1.165, 1.54) is 7.11 Å². The molecular formula is C27H32ClN3O7. The number of aromatic amines is 1. The number of nitrogens with one attached hydrogen (secondary N) is 2. The summed E-state index contributed by atoms with van der Waals surface area (Å²) in [6.07, 6.45) is -1.26. The summed E-state index contributed by atoms with van der Waals surface area (Å²) in [6.45, 7) is 2.95. The highest BCUT2D eigenvalue weighted by Gasteiger charge is 2.35. The van der Waals surface area contributed by atoms with Crippen LogP contribution in [0.2, 0.25) is 5.02 Å². The zero-order valence-electron chi connectivity index (χ0n) is 21.4. The highest BCUT2D eigenvalue weighted by molar-refractivity contribution is 6.31. The first kappa shape index (κ1) is 27.6. The fraction of sp³-hybridized carbons (Fsp3) is 0.407. The number of carbonyl (C=O) groups excluding carboxylic acids is 2. The lowest BCUT2D eigenvalue weighted by Gasteiger charge is -2.35. The first-order valence-corrected chi connectivity index (χ1v) is 12.8. The smallest absolute Gasteiger partial charge is 0.410 e. The van der Waals surface area contributed by atoms with Gasteiger partial charge in [0, 0.05) is 35.3 Å². The number of amides is 2. The zero-order chi connectivity index (χ0) is 27.1. The molecule has 1 aliphatic heterocycles. The second-order valence-electron chi connectivity index (χ2n) is 8.80. The van der Waals surface area contributed by atoms with E-state index in [0.29, 0.717) is 30.3 Å². The first-order valence-electron chi connectivity index (χ1n) is 12.4. The predicted molar refractivity (Wildman–Crippen MR) is 142 cm³/mol. The number of H-pyrrole nitrogens is 1. The number of fused-ring (bicyclic) bond motifs is 3. The number of benzene rings is 2. The highest BCUT2D eigenvalue weighted by atomic mass is 35.5. The van der Waals surface area contributed by atoms with E-state index in [4.69, 9.17) is 30.5 Å². The number of carbonyl (C=O) groups is 2. The van der Waals surface area contributed by atoms with Crippen molar-refractivity contribution in [3.63, 3.8) is 0 Å². The molecule has 3 N–H and O–H groups in total. The number of methoxy groups -OCH3 is 1. The summed E-state index contributed by atoms with van der Waals surface area (Å²) in [4.78, 5) is 29.6. The SMILES string of the molecule is CCOC(=O)N1CCc2c([nH]c3ccc(Cl)cc23)C1c1ccc(OCC(O)CNC(=O)OCCOC)cc1. The molecule has 38 heavy (non-hydrogen) atoms. The zero-order valence-corrected chi connectivity index (χ0v) is 22.1. The summed E-state index contributed by atoms with van der Waals surface area (Å²) in [5, 5.41) is 14.3. The van der Waals surface area contributed by atoms with Gasteiger partial charge >= 0.3 is 12.2 Å². The number of rotatable bonds is 10. The average Bonchev–Trinajstić information content (AvgIpc) is 3.28. The maximum Gasteiger partial charge on any atom is 0.410 e. The molecule has 204 valence electrons. The Kier molecular flexibility index (Phi) is 9.33. The van der Waals surface area contributed by atoms with Gasteiger partial charge in [-0.05, 0) is 54.8 Å². The van der Waals surface area contributed by atoms with Gasteiger partial charge < -0.3 is 34.4 Å². The van der Waals surface area contributed by atoms with Crippen LogP contribution in [0.4, 0.5) is 9.59 Å². The topological polar surface area (TPSA) is 122 Å². The highest BCUT2D eigenvalue weighted by Crippen LogP contribution is 2.39. The van der Waals surface area contributed by atoms with E-state index in [0.717, 1.165) is 27.7 Å². The molecule has 2 aromatic carbocycles. The molecule has 4 rings (SSSR count). The molecule has 0 spiro atoms. The number of nitrogens with zero attached hydrogens (tertiary/aromatic N) is 1. The van der Waals surface area contributed by atoms with Crippen LogP contribution in [0, 0.1) is 0 Å². The third kappa shape index (κ3) is 6.50. The fourth-order valence-electron chi connectivity index (χ4n) is 4.48. The molecule has 10 nitrogen and oxygen atoms in total. The molecule has 3 aromatic rings. The van der Waals surface area contributed by atoms with E-state index < -0.39 is 12.2 Å². The number of ether oxygens (including phenoxy) is 4. The van der Waals surface area contributed by atoms with Crippen LogP contribution in [0.25, 0.3) is 10.9 Å². The van der Waals surface area contributed by atoms with Gasteiger partial charge in [0.1, 0.15) is 31.1 Å². The Hall–Kier alpha value is -3.47. The molecule has 2 amide bonds. The van der Waals surface area contributed by atoms with Crippen molar-refractivity contribution in [1.29, 1.82) is 0 Å². The number of aliphatic hydroxyl groups is 1. The Labute approximate surface area is 225 Å². The number of aliphatic hydroxyl groups excluding tert-OH is 1. The molecule has 0 bridgehead atoms. The minimum atomic E-state index is -0.928. The van der Waals surface area contributed by atoms with Crippen molar-refractivity contribution in [2.45, 2.75) is 25.5 Å². The van der Waals surface area contributed by atoms with Crippen LogP contribution in [0.1, 0.15) is 29.8 Å². The summed E-state index contributed by atoms with van der Waals surface area (Å²) in [6, 6.07) is 12.7. The lowest BCUT2D eigenvalue weighted by atomic mass is 9.92. The Bertz CT molecular complexity index is 1250. The average molecular weight is 546 g/mol. The summed E-state index contributed by atoms with van der Waals surface area (Å²) in [5.74, 6) is 0.539. The number of aromatic nitrogens is 1. The maximum absolute atomic E-state index is 12.9. The van der Waals surface area contributed by atoms with Crippen LogP contribution in [-0.4, -0.2) is 79.9 Å². The van der Waals surface area contributed by atoms with E-state index in [-0.39, 0.29) is 38.5 Å². The summed E-state index contributed by atoms with van der Waals surface area (Å²) in [5.41, 5.74) is 3.89. The van der Waals surface area contributed by atoms with Gasteiger partial charge in [0.15, 0.2) is 0 Å². The predicted octanol–water partition coefficient (Wildman–Crippen LogP) is 4.04. The van der Waals surface area contributed by atoms with Gasteiger partial charge in [-0.3, -0.25) is 4.90 Å². The number of halogens is 1. The number of hydrogen-bond acceptors (Lipinski definition) is 7. The molecule has 2 atom stereocenters. The Morgan fingerprint density at radius 3 is 2.71 bits per heavy atom. The largest absolute Gasteiger partial charge is 0.491 e. The van der Waals surface area contributed by atoms with Crippen LogP contribution in [0.3, 0.4) is 0 Å². The molecular weight excluding hydrogens is 514 g/mol. The van der Waals surface area contributed by atoms with Crippen molar-refractivity contribution in [1.82, 2.24) is 15.2 Å². The van der Waals surface area contributed by atoms with Crippen molar-refractivity contribution in [2.75, 3.05) is 46.6 Å². The third-order valence-electron chi connectivity index (χ3n) is 6.23. The molecule has 11 heteroatoms. The second-order valence-corrected chi connectivity index (χ2v) is 9.23. The van der Waals surface area contributed by atoms with E-state index in [1.807, 2.05) is 30.3 Å². The second kappa shape index (κ2) is 12.9. The van der Waals surface area contributed by atoms with Crippen LogP contribution >= 0.6 is 11.6 Å². The summed E-state index contributed by atoms with van der Waals surface area (Å²) >= 11 is 6.26. The van der Waals surface area contributed by atoms with Gasteiger partial charge in [-0.1, -0.05) is 23.7 Å². The Morgan fingerprint density at radius 2 is 1.97 bits per heavy atom. The minimum absolute atomic E-state index is 0.0202. The van der Waals surface area contributed by atoms with Crippen molar-refractivity contribution in [3.05, 3.63) is 64.3 Å². The molecule has 0 fully saturated rings. The molecule has 1 aromatic heterocycles. The quantitative estimate of drug-likeness (QED) is 0.329. The van der Waals surface area contributed by atoms with Gasteiger partial charge in [0.2, 0.25) is 0 Å². The summed E-state index contributed by atoms with van der Waals surface area (Å²) in [7, 11) is 1.51. The maximum atomic E-state index is 12.9. The van der Waals surface area contributed by atoms with E-state index >= 15 is 0 Å². The van der Waals surface area contributed by atoms with Crippen molar-refractivity contribution < 1.29 is 33.6 Å². The molecule has 0 saturated heterocycles. The van der Waals surface area contributed by atoms with Crippen LogP contribution in [-0.2, 0) is 20.6 Å². The van der Waals surface area contributed by atoms with Crippen LogP contribution < -0.4 is 10.1 Å². The normalized spacial score (nSPS) is 15.6. The molecule has 2 unspecified atom stereocenters. The van der Waals surface area contributed by atoms with Crippen molar-refractivity contribution >= 4 is 34.7 Å². The fourth-order valence-corrected chi connectivity index (χ4v) is 4.65. The van der Waals surface area contributed by atoms with Gasteiger partial charge in [-0.25, -0.2) is 9.59 Å². The number of hydrogen-bond donors (Lipinski definition) is 3. The van der Waals surface area contributed by atoms with Crippen LogP contribution in [0.15, 0.2) is 42.5 Å². The molecule has 0 aliphatic carbocycles. The lowest BCUT2D eigenvalue weighted by Crippen LogP contribution is -2.41. The van der Waals surface area contributed by atoms with E-state index in [1.54, 1.807) is 24.0 Å². The molecule has 0 saturated carbocycles. The Morgan fingerprint density at radius 1 is 1.18 bits per heavy atom. The van der Waals surface area contributed by atoms with Gasteiger partial charge in [-0.15, -0.1) is 0 Å². The molecule has 2 heterocycles. The molecule has 0 radical (unpaired) electrons. The summed E-state index contributed by atoms with van der Waals surface area (Å²) < 4.78 is 20.7. The van der Waals surface area contributed by atoms with Gasteiger partial charge in [0.05, 0.1) is 19.8 Å². The standard InChI is InChI=1S/C27H32ClN3O7/c1-3-36-27(34)31-11-10-21-22-14-18(28)6-9-23(22)30-24(21)25(31)17-4-7-20(8-5-17)38-16-19(32)15-29-26(33)37-13-12-35-2/h4-9,14,19,25,30,32H,3,10-13,15-16H2,1-2H3,(H,29,33). The first-order chi connectivity index (χ1) is 18.4. The lowest BCUT2D eigenvalue weighted by molar-refractivity contribution is 0.0842. The minimum Gasteiger partial charge on any atom is -0.491 e.